The molecule has 0 atom stereocenters. The van der Waals surface area contributed by atoms with Crippen LogP contribution in [0, 0.1) is 0 Å². The second kappa shape index (κ2) is 6.13. The highest BCUT2D eigenvalue weighted by atomic mass is 16.1. The molecule has 0 aliphatic carbocycles. The van der Waals surface area contributed by atoms with E-state index in [-0.39, 0.29) is 11.9 Å². The van der Waals surface area contributed by atoms with E-state index in [1.165, 1.54) is 0 Å². The summed E-state index contributed by atoms with van der Waals surface area (Å²) in [5, 5.41) is 3.10. The predicted octanol–water partition coefficient (Wildman–Crippen LogP) is 1.16. The number of nitrogens with zero attached hydrogens (tertiary/aromatic N) is 2. The molecular weight excluding hydrogens is 252 g/mol. The largest absolute Gasteiger partial charge is 0.397 e. The minimum absolute atomic E-state index is 0.0310. The molecule has 1 aromatic carbocycles. The third-order valence-electron chi connectivity index (χ3n) is 3.83. The number of hydrogen-bond acceptors (Lipinski definition) is 4. The minimum Gasteiger partial charge on any atom is -0.397 e. The highest BCUT2D eigenvalue weighted by molar-refractivity contribution is 5.96. The molecule has 5 nitrogen and oxygen atoms in total. The van der Waals surface area contributed by atoms with E-state index in [9.17, 15) is 4.79 Å². The average molecular weight is 276 g/mol. The van der Waals surface area contributed by atoms with E-state index in [1.54, 1.807) is 6.07 Å². The molecular formula is C15H24N4O. The van der Waals surface area contributed by atoms with Crippen LogP contribution in [-0.4, -0.2) is 51.1 Å². The van der Waals surface area contributed by atoms with Gasteiger partial charge >= 0.3 is 0 Å². The molecule has 1 saturated heterocycles. The Labute approximate surface area is 120 Å². The molecule has 1 amide bonds. The summed E-state index contributed by atoms with van der Waals surface area (Å²) in [7, 11) is 5.98. The molecule has 0 spiro atoms. The number of amides is 1. The van der Waals surface area contributed by atoms with Crippen molar-refractivity contribution in [3.05, 3.63) is 23.8 Å². The molecule has 0 saturated carbocycles. The molecule has 20 heavy (non-hydrogen) atoms. The first kappa shape index (κ1) is 14.7. The van der Waals surface area contributed by atoms with Crippen LogP contribution in [0.5, 0.6) is 0 Å². The van der Waals surface area contributed by atoms with Gasteiger partial charge in [0.1, 0.15) is 0 Å². The van der Waals surface area contributed by atoms with E-state index in [1.807, 2.05) is 31.1 Å². The smallest absolute Gasteiger partial charge is 0.251 e. The van der Waals surface area contributed by atoms with Crippen LogP contribution in [-0.2, 0) is 0 Å². The molecule has 0 bridgehead atoms. The van der Waals surface area contributed by atoms with Crippen molar-refractivity contribution in [1.82, 2.24) is 10.2 Å². The van der Waals surface area contributed by atoms with E-state index in [0.29, 0.717) is 11.3 Å². The molecule has 3 N–H and O–H groups in total. The number of likely N-dealkylation sites (tertiary alicyclic amines) is 1. The summed E-state index contributed by atoms with van der Waals surface area (Å²) < 4.78 is 0. The Morgan fingerprint density at radius 3 is 2.55 bits per heavy atom. The first-order valence-corrected chi connectivity index (χ1v) is 7.03. The van der Waals surface area contributed by atoms with Crippen LogP contribution in [0.3, 0.4) is 0 Å². The van der Waals surface area contributed by atoms with Crippen molar-refractivity contribution in [2.75, 3.05) is 44.9 Å². The SMILES string of the molecule is CN1CCC(NC(=O)c2ccc(N(C)C)c(N)c2)CC1. The summed E-state index contributed by atoms with van der Waals surface area (Å²) in [6.07, 6.45) is 2.01. The van der Waals surface area contributed by atoms with Crippen molar-refractivity contribution in [1.29, 1.82) is 0 Å². The predicted molar refractivity (Wildman–Crippen MR) is 83.2 cm³/mol. The summed E-state index contributed by atoms with van der Waals surface area (Å²) in [5.74, 6) is -0.0310. The molecule has 1 aliphatic heterocycles. The van der Waals surface area contributed by atoms with Gasteiger partial charge in [0, 0.05) is 25.7 Å². The zero-order chi connectivity index (χ0) is 14.7. The maximum absolute atomic E-state index is 12.2. The van der Waals surface area contributed by atoms with Crippen molar-refractivity contribution in [2.45, 2.75) is 18.9 Å². The Balaban J connectivity index is 2.01. The lowest BCUT2D eigenvalue weighted by molar-refractivity contribution is 0.0917. The van der Waals surface area contributed by atoms with E-state index >= 15 is 0 Å². The minimum atomic E-state index is -0.0310. The monoisotopic (exact) mass is 276 g/mol. The zero-order valence-electron chi connectivity index (χ0n) is 12.5. The summed E-state index contributed by atoms with van der Waals surface area (Å²) in [5.41, 5.74) is 8.18. The normalized spacial score (nSPS) is 16.9. The van der Waals surface area contributed by atoms with E-state index < -0.39 is 0 Å². The molecule has 1 fully saturated rings. The fraction of sp³-hybridized carbons (Fsp3) is 0.533. The average Bonchev–Trinajstić information content (AvgIpc) is 2.40. The highest BCUT2D eigenvalue weighted by Gasteiger charge is 2.19. The Morgan fingerprint density at radius 2 is 2.00 bits per heavy atom. The van der Waals surface area contributed by atoms with Gasteiger partial charge in [-0.25, -0.2) is 0 Å². The van der Waals surface area contributed by atoms with Crippen LogP contribution in [0.25, 0.3) is 0 Å². The number of carbonyl (C=O) groups is 1. The third kappa shape index (κ3) is 3.42. The van der Waals surface area contributed by atoms with Crippen LogP contribution in [0.2, 0.25) is 0 Å². The molecule has 1 heterocycles. The number of hydrogen-bond donors (Lipinski definition) is 2. The summed E-state index contributed by atoms with van der Waals surface area (Å²) in [4.78, 5) is 16.5. The fourth-order valence-electron chi connectivity index (χ4n) is 2.52. The van der Waals surface area contributed by atoms with Crippen LogP contribution >= 0.6 is 0 Å². The van der Waals surface area contributed by atoms with Gasteiger partial charge in [0.05, 0.1) is 11.4 Å². The van der Waals surface area contributed by atoms with Gasteiger partial charge in [-0.15, -0.1) is 0 Å². The maximum Gasteiger partial charge on any atom is 0.251 e. The van der Waals surface area contributed by atoms with Gasteiger partial charge in [0.25, 0.3) is 5.91 Å². The van der Waals surface area contributed by atoms with Crippen molar-refractivity contribution in [3.63, 3.8) is 0 Å². The maximum atomic E-state index is 12.2. The second-order valence-electron chi connectivity index (χ2n) is 5.72. The zero-order valence-corrected chi connectivity index (χ0v) is 12.5. The number of benzene rings is 1. The van der Waals surface area contributed by atoms with Gasteiger partial charge in [-0.1, -0.05) is 0 Å². The van der Waals surface area contributed by atoms with E-state index in [4.69, 9.17) is 5.73 Å². The van der Waals surface area contributed by atoms with Gasteiger partial charge in [-0.3, -0.25) is 4.79 Å². The topological polar surface area (TPSA) is 61.6 Å². The summed E-state index contributed by atoms with van der Waals surface area (Å²) in [6.45, 7) is 2.07. The number of anilines is 2. The van der Waals surface area contributed by atoms with Crippen molar-refractivity contribution >= 4 is 17.3 Å². The molecule has 5 heteroatoms. The highest BCUT2D eigenvalue weighted by Crippen LogP contribution is 2.22. The Bertz CT molecular complexity index is 479. The van der Waals surface area contributed by atoms with Gasteiger partial charge in [-0.2, -0.15) is 0 Å². The molecule has 2 rings (SSSR count). The lowest BCUT2D eigenvalue weighted by atomic mass is 10.0. The Kier molecular flexibility index (Phi) is 4.49. The molecule has 0 radical (unpaired) electrons. The lowest BCUT2D eigenvalue weighted by Gasteiger charge is -2.29. The van der Waals surface area contributed by atoms with Gasteiger partial charge in [-0.05, 0) is 51.2 Å². The van der Waals surface area contributed by atoms with Gasteiger partial charge in [0.2, 0.25) is 0 Å². The van der Waals surface area contributed by atoms with Crippen LogP contribution in [0.4, 0.5) is 11.4 Å². The molecule has 0 unspecified atom stereocenters. The van der Waals surface area contributed by atoms with E-state index in [0.717, 1.165) is 31.6 Å². The van der Waals surface area contributed by atoms with Gasteiger partial charge in [0.15, 0.2) is 0 Å². The first-order chi connectivity index (χ1) is 9.47. The van der Waals surface area contributed by atoms with E-state index in [2.05, 4.69) is 17.3 Å². The molecule has 1 aliphatic rings. The van der Waals surface area contributed by atoms with Gasteiger partial charge < -0.3 is 20.9 Å². The second-order valence-corrected chi connectivity index (χ2v) is 5.72. The Morgan fingerprint density at radius 1 is 1.35 bits per heavy atom. The standard InChI is InChI=1S/C15H24N4O/c1-18(2)14-5-4-11(10-13(14)16)15(20)17-12-6-8-19(3)9-7-12/h4-5,10,12H,6-9,16H2,1-3H3,(H,17,20). The summed E-state index contributed by atoms with van der Waals surface area (Å²) >= 11 is 0. The van der Waals surface area contributed by atoms with Crippen LogP contribution < -0.4 is 16.0 Å². The number of piperidine rings is 1. The van der Waals surface area contributed by atoms with Crippen molar-refractivity contribution in [3.8, 4) is 0 Å². The number of nitrogens with one attached hydrogen (secondary N) is 1. The number of carbonyl (C=O) groups excluding carboxylic acids is 1. The first-order valence-electron chi connectivity index (χ1n) is 7.03. The number of nitrogens with two attached hydrogens (primary N) is 1. The quantitative estimate of drug-likeness (QED) is 0.813. The molecule has 110 valence electrons. The molecule has 1 aromatic rings. The summed E-state index contributed by atoms with van der Waals surface area (Å²) in [6, 6.07) is 5.74. The van der Waals surface area contributed by atoms with Crippen LogP contribution in [0.1, 0.15) is 23.2 Å². The van der Waals surface area contributed by atoms with Crippen LogP contribution in [0.15, 0.2) is 18.2 Å². The van der Waals surface area contributed by atoms with Crippen molar-refractivity contribution < 1.29 is 4.79 Å². The third-order valence-corrected chi connectivity index (χ3v) is 3.83. The fourth-order valence-corrected chi connectivity index (χ4v) is 2.52. The Hall–Kier alpha value is -1.75. The number of rotatable bonds is 3. The van der Waals surface area contributed by atoms with Crippen molar-refractivity contribution in [2.24, 2.45) is 0 Å². The molecule has 0 aromatic heterocycles. The lowest BCUT2D eigenvalue weighted by Crippen LogP contribution is -2.43. The number of nitrogen functional groups attached to an aromatic ring is 1.